The van der Waals surface area contributed by atoms with Crippen LogP contribution in [-0.2, 0) is 6.54 Å². The predicted molar refractivity (Wildman–Crippen MR) is 109 cm³/mol. The molecule has 0 aliphatic carbocycles. The smallest absolute Gasteiger partial charge is 0.216 e. The van der Waals surface area contributed by atoms with Gasteiger partial charge in [-0.1, -0.05) is 43.7 Å². The summed E-state index contributed by atoms with van der Waals surface area (Å²) in [6, 6.07) is 10.3. The summed E-state index contributed by atoms with van der Waals surface area (Å²) in [5.41, 5.74) is 5.74. The van der Waals surface area contributed by atoms with E-state index in [1.165, 1.54) is 17.0 Å². The minimum atomic E-state index is 0.479. The summed E-state index contributed by atoms with van der Waals surface area (Å²) in [5, 5.41) is 11.8. The number of hydrogen-bond donors (Lipinski definition) is 1. The maximum atomic E-state index is 5.36. The molecule has 0 aliphatic rings. The first-order chi connectivity index (χ1) is 12.4. The van der Waals surface area contributed by atoms with Crippen molar-refractivity contribution < 1.29 is 0 Å². The van der Waals surface area contributed by atoms with Crippen LogP contribution in [0.1, 0.15) is 36.4 Å². The number of nitrogens with zero attached hydrogens (tertiary/aromatic N) is 4. The van der Waals surface area contributed by atoms with Crippen molar-refractivity contribution in [1.29, 1.82) is 0 Å². The van der Waals surface area contributed by atoms with E-state index in [4.69, 9.17) is 12.2 Å². The molecule has 3 aromatic rings. The van der Waals surface area contributed by atoms with E-state index >= 15 is 0 Å². The molecule has 2 aromatic heterocycles. The third-order valence-corrected chi connectivity index (χ3v) is 4.70. The third-order valence-electron chi connectivity index (χ3n) is 4.43. The predicted octanol–water partition coefficient (Wildman–Crippen LogP) is 4.87. The fourth-order valence-corrected chi connectivity index (χ4v) is 3.19. The van der Waals surface area contributed by atoms with E-state index in [1.54, 1.807) is 4.68 Å². The van der Waals surface area contributed by atoms with Gasteiger partial charge in [0.25, 0.3) is 0 Å². The molecule has 0 saturated heterocycles. The highest BCUT2D eigenvalue weighted by Crippen LogP contribution is 2.19. The van der Waals surface area contributed by atoms with Crippen molar-refractivity contribution in [3.05, 3.63) is 57.6 Å². The summed E-state index contributed by atoms with van der Waals surface area (Å²) in [5.74, 6) is 1.31. The van der Waals surface area contributed by atoms with E-state index in [2.05, 4.69) is 72.7 Å². The molecular formula is C20H25N5S. The van der Waals surface area contributed by atoms with Gasteiger partial charge in [0.05, 0.1) is 6.21 Å². The van der Waals surface area contributed by atoms with Crippen molar-refractivity contribution in [3.8, 4) is 11.4 Å². The average Bonchev–Trinajstić information content (AvgIpc) is 3.08. The normalized spacial score (nSPS) is 11.8. The minimum Gasteiger partial charge on any atom is -0.348 e. The lowest BCUT2D eigenvalue weighted by Crippen LogP contribution is -2.08. The van der Waals surface area contributed by atoms with Crippen LogP contribution in [0.3, 0.4) is 0 Å². The number of H-pyrrole nitrogens is 1. The first kappa shape index (κ1) is 18.3. The number of rotatable bonds is 5. The Hall–Kier alpha value is -2.47. The van der Waals surface area contributed by atoms with Crippen LogP contribution in [0, 0.1) is 31.5 Å². The Bertz CT molecular complexity index is 986. The van der Waals surface area contributed by atoms with Crippen molar-refractivity contribution in [2.24, 2.45) is 11.0 Å². The molecule has 0 radical (unpaired) electrons. The van der Waals surface area contributed by atoms with E-state index in [0.717, 1.165) is 17.7 Å². The Balaban J connectivity index is 1.96. The lowest BCUT2D eigenvalue weighted by Gasteiger charge is -2.11. The molecule has 0 aliphatic heterocycles. The molecule has 0 fully saturated rings. The standard InChI is InChI=1S/C20H25N5S/c1-13(2)12-24-15(4)10-18(16(24)5)11-21-25-19(22-23-20(25)26)17-8-6-14(3)7-9-17/h6-11,13H,12H2,1-5H3,(H,23,26)/b21-11+. The Morgan fingerprint density at radius 2 is 1.88 bits per heavy atom. The van der Waals surface area contributed by atoms with Gasteiger partial charge in [-0.25, -0.2) is 5.10 Å². The largest absolute Gasteiger partial charge is 0.348 e. The zero-order valence-corrected chi connectivity index (χ0v) is 16.8. The average molecular weight is 368 g/mol. The SMILES string of the molecule is Cc1ccc(-c2n[nH]c(=S)n2/N=C/c2cc(C)n(CC(C)C)c2C)cc1. The topological polar surface area (TPSA) is 50.9 Å². The molecule has 26 heavy (non-hydrogen) atoms. The van der Waals surface area contributed by atoms with E-state index in [9.17, 15) is 0 Å². The number of aromatic amines is 1. The molecule has 0 unspecified atom stereocenters. The second-order valence-corrected chi connectivity index (χ2v) is 7.49. The summed E-state index contributed by atoms with van der Waals surface area (Å²) in [4.78, 5) is 0. The number of aromatic nitrogens is 4. The molecule has 1 N–H and O–H groups in total. The quantitative estimate of drug-likeness (QED) is 0.516. The Morgan fingerprint density at radius 3 is 2.54 bits per heavy atom. The van der Waals surface area contributed by atoms with Gasteiger partial charge < -0.3 is 4.57 Å². The minimum absolute atomic E-state index is 0.479. The highest BCUT2D eigenvalue weighted by atomic mass is 32.1. The monoisotopic (exact) mass is 367 g/mol. The van der Waals surface area contributed by atoms with Gasteiger partial charge >= 0.3 is 0 Å². The third kappa shape index (κ3) is 3.70. The Kier molecular flexibility index (Phi) is 5.23. The highest BCUT2D eigenvalue weighted by Gasteiger charge is 2.10. The lowest BCUT2D eigenvalue weighted by atomic mass is 10.1. The summed E-state index contributed by atoms with van der Waals surface area (Å²) in [7, 11) is 0. The molecule has 0 bridgehead atoms. The maximum Gasteiger partial charge on any atom is 0.216 e. The van der Waals surface area contributed by atoms with Crippen molar-refractivity contribution in [2.45, 2.75) is 41.2 Å². The summed E-state index contributed by atoms with van der Waals surface area (Å²) >= 11 is 5.36. The molecule has 3 rings (SSSR count). The number of benzene rings is 1. The van der Waals surface area contributed by atoms with E-state index < -0.39 is 0 Å². The van der Waals surface area contributed by atoms with Crippen LogP contribution < -0.4 is 0 Å². The van der Waals surface area contributed by atoms with Gasteiger partial charge in [0.1, 0.15) is 0 Å². The number of hydrogen-bond acceptors (Lipinski definition) is 3. The molecule has 1 aromatic carbocycles. The molecule has 2 heterocycles. The van der Waals surface area contributed by atoms with Crippen LogP contribution in [0.2, 0.25) is 0 Å². The molecule has 0 spiro atoms. The van der Waals surface area contributed by atoms with Crippen molar-refractivity contribution in [1.82, 2.24) is 19.4 Å². The molecule has 136 valence electrons. The van der Waals surface area contributed by atoms with Crippen LogP contribution in [0.4, 0.5) is 0 Å². The van der Waals surface area contributed by atoms with E-state index in [1.807, 2.05) is 18.3 Å². The molecule has 0 atom stereocenters. The van der Waals surface area contributed by atoms with Crippen LogP contribution >= 0.6 is 12.2 Å². The second-order valence-electron chi connectivity index (χ2n) is 7.11. The Morgan fingerprint density at radius 1 is 1.19 bits per heavy atom. The van der Waals surface area contributed by atoms with Gasteiger partial charge in [-0.05, 0) is 45.0 Å². The number of nitrogens with one attached hydrogen (secondary N) is 1. The van der Waals surface area contributed by atoms with Gasteiger partial charge in [0, 0.05) is 29.1 Å². The van der Waals surface area contributed by atoms with E-state index in [-0.39, 0.29) is 0 Å². The Labute approximate surface area is 159 Å². The fraction of sp³-hybridized carbons (Fsp3) is 0.350. The summed E-state index contributed by atoms with van der Waals surface area (Å²) in [6.07, 6.45) is 1.86. The second kappa shape index (κ2) is 7.41. The maximum absolute atomic E-state index is 5.36. The summed E-state index contributed by atoms with van der Waals surface area (Å²) in [6.45, 7) is 11.8. The van der Waals surface area contributed by atoms with Crippen molar-refractivity contribution in [3.63, 3.8) is 0 Å². The van der Waals surface area contributed by atoms with Crippen LogP contribution in [-0.4, -0.2) is 25.7 Å². The first-order valence-electron chi connectivity index (χ1n) is 8.82. The van der Waals surface area contributed by atoms with Crippen LogP contribution in [0.15, 0.2) is 35.4 Å². The van der Waals surface area contributed by atoms with Gasteiger partial charge in [-0.2, -0.15) is 14.9 Å². The zero-order chi connectivity index (χ0) is 18.8. The summed E-state index contributed by atoms with van der Waals surface area (Å²) < 4.78 is 4.49. The molecule has 0 amide bonds. The van der Waals surface area contributed by atoms with Gasteiger partial charge in [-0.3, -0.25) is 0 Å². The molecule has 0 saturated carbocycles. The van der Waals surface area contributed by atoms with E-state index in [0.29, 0.717) is 16.5 Å². The van der Waals surface area contributed by atoms with Gasteiger partial charge in [-0.15, -0.1) is 0 Å². The molecule has 5 nitrogen and oxygen atoms in total. The van der Waals surface area contributed by atoms with Crippen molar-refractivity contribution in [2.75, 3.05) is 0 Å². The van der Waals surface area contributed by atoms with Crippen LogP contribution in [0.5, 0.6) is 0 Å². The van der Waals surface area contributed by atoms with Gasteiger partial charge in [0.2, 0.25) is 4.77 Å². The molecular weight excluding hydrogens is 342 g/mol. The molecule has 6 heteroatoms. The fourth-order valence-electron chi connectivity index (χ4n) is 3.01. The highest BCUT2D eigenvalue weighted by molar-refractivity contribution is 7.71. The zero-order valence-electron chi connectivity index (χ0n) is 15.9. The lowest BCUT2D eigenvalue weighted by molar-refractivity contribution is 0.509. The van der Waals surface area contributed by atoms with Crippen LogP contribution in [0.25, 0.3) is 11.4 Å². The number of aryl methyl sites for hydroxylation is 2. The van der Waals surface area contributed by atoms with Gasteiger partial charge in [0.15, 0.2) is 5.82 Å². The first-order valence-corrected chi connectivity index (χ1v) is 9.23. The van der Waals surface area contributed by atoms with Crippen molar-refractivity contribution >= 4 is 18.4 Å².